The molecule has 0 bridgehead atoms. The molecule has 0 aliphatic carbocycles. The summed E-state index contributed by atoms with van der Waals surface area (Å²) >= 11 is 0. The Morgan fingerprint density at radius 2 is 2.00 bits per heavy atom. The van der Waals surface area contributed by atoms with Crippen molar-refractivity contribution in [3.8, 4) is 0 Å². The normalized spacial score (nSPS) is 20.3. The van der Waals surface area contributed by atoms with Crippen LogP contribution in [0.1, 0.15) is 25.8 Å². The largest absolute Gasteiger partial charge is 0.328 e. The van der Waals surface area contributed by atoms with E-state index in [9.17, 15) is 8.42 Å². The summed E-state index contributed by atoms with van der Waals surface area (Å²) in [7, 11) is -3.46. The second-order valence-electron chi connectivity index (χ2n) is 5.10. The van der Waals surface area contributed by atoms with Crippen LogP contribution in [-0.4, -0.2) is 26.8 Å². The van der Waals surface area contributed by atoms with Gasteiger partial charge in [-0.3, -0.25) is 9.71 Å². The summed E-state index contributed by atoms with van der Waals surface area (Å²) in [5.74, 6) is 0.873. The van der Waals surface area contributed by atoms with E-state index in [4.69, 9.17) is 5.73 Å². The molecule has 1 aromatic rings. The minimum absolute atomic E-state index is 0.0659. The molecule has 104 valence electrons. The topological polar surface area (TPSA) is 84.5 Å². The lowest BCUT2D eigenvalue weighted by atomic mass is 10.0. The van der Waals surface area contributed by atoms with Crippen LogP contribution >= 0.6 is 0 Å². The fraction of sp³-hybridized carbons (Fsp3) is 0.462. The minimum atomic E-state index is -3.46. The maximum absolute atomic E-state index is 11.9. The number of benzene rings is 1. The van der Waals surface area contributed by atoms with Gasteiger partial charge in [-0.2, -0.15) is 0 Å². The van der Waals surface area contributed by atoms with Gasteiger partial charge < -0.3 is 5.73 Å². The highest BCUT2D eigenvalue weighted by Gasteiger charge is 2.30. The van der Waals surface area contributed by atoms with Crippen molar-refractivity contribution >= 4 is 15.9 Å². The first kappa shape index (κ1) is 14.0. The average molecular weight is 281 g/mol. The first-order valence-corrected chi connectivity index (χ1v) is 7.82. The molecule has 0 spiro atoms. The number of hydrogen-bond acceptors (Lipinski definition) is 4. The van der Waals surface area contributed by atoms with Crippen molar-refractivity contribution in [1.82, 2.24) is 4.72 Å². The molecule has 3 N–H and O–H groups in total. The van der Waals surface area contributed by atoms with Gasteiger partial charge in [0.25, 0.3) is 10.0 Å². The van der Waals surface area contributed by atoms with E-state index in [-0.39, 0.29) is 10.9 Å². The molecule has 1 aliphatic heterocycles. The summed E-state index contributed by atoms with van der Waals surface area (Å²) in [6.07, 6.45) is 0.837. The van der Waals surface area contributed by atoms with Crippen molar-refractivity contribution in [2.75, 3.05) is 6.54 Å². The molecule has 1 unspecified atom stereocenters. The highest BCUT2D eigenvalue weighted by molar-refractivity contribution is 7.90. The molecule has 1 heterocycles. The number of rotatable bonds is 4. The molecule has 0 radical (unpaired) electrons. The molecule has 1 aliphatic rings. The predicted molar refractivity (Wildman–Crippen MR) is 75.6 cm³/mol. The van der Waals surface area contributed by atoms with Crippen molar-refractivity contribution in [1.29, 1.82) is 0 Å². The smallest absolute Gasteiger partial charge is 0.263 e. The Hall–Kier alpha value is -1.40. The van der Waals surface area contributed by atoms with Crippen LogP contribution in [0.4, 0.5) is 0 Å². The van der Waals surface area contributed by atoms with E-state index in [1.165, 1.54) is 0 Å². The fourth-order valence-electron chi connectivity index (χ4n) is 2.16. The zero-order valence-corrected chi connectivity index (χ0v) is 11.9. The number of hydrogen-bond donors (Lipinski definition) is 2. The number of nitrogens with one attached hydrogen (secondary N) is 1. The van der Waals surface area contributed by atoms with Gasteiger partial charge in [0, 0.05) is 12.1 Å². The summed E-state index contributed by atoms with van der Waals surface area (Å²) in [5, 5.41) is 0. The van der Waals surface area contributed by atoms with Crippen molar-refractivity contribution in [3.63, 3.8) is 0 Å². The fourth-order valence-corrected chi connectivity index (χ4v) is 3.40. The number of fused-ring (bicyclic) bond motifs is 1. The van der Waals surface area contributed by atoms with E-state index < -0.39 is 10.0 Å². The Bertz CT molecular complexity index is 594. The van der Waals surface area contributed by atoms with Gasteiger partial charge in [0.1, 0.15) is 5.84 Å². The second kappa shape index (κ2) is 5.30. The lowest BCUT2D eigenvalue weighted by Gasteiger charge is -2.13. The van der Waals surface area contributed by atoms with Gasteiger partial charge in [0.15, 0.2) is 0 Å². The van der Waals surface area contributed by atoms with E-state index in [1.807, 2.05) is 0 Å². The van der Waals surface area contributed by atoms with Crippen molar-refractivity contribution in [2.45, 2.75) is 31.2 Å². The van der Waals surface area contributed by atoms with Crippen LogP contribution in [0.2, 0.25) is 0 Å². The first-order valence-electron chi connectivity index (χ1n) is 6.34. The molecular weight excluding hydrogens is 262 g/mol. The Kier molecular flexibility index (Phi) is 3.91. The molecule has 1 atom stereocenters. The first-order chi connectivity index (χ1) is 8.94. The summed E-state index contributed by atoms with van der Waals surface area (Å²) in [5.41, 5.74) is 6.33. The molecule has 19 heavy (non-hydrogen) atoms. The molecule has 6 heteroatoms. The monoisotopic (exact) mass is 281 g/mol. The Labute approximate surface area is 114 Å². The van der Waals surface area contributed by atoms with Crippen molar-refractivity contribution in [3.05, 3.63) is 29.8 Å². The van der Waals surface area contributed by atoms with Crippen LogP contribution in [0.5, 0.6) is 0 Å². The summed E-state index contributed by atoms with van der Waals surface area (Å²) in [4.78, 5) is 4.76. The third-order valence-electron chi connectivity index (χ3n) is 2.99. The lowest BCUT2D eigenvalue weighted by Crippen LogP contribution is -2.27. The standard InChI is InChI=1S/C13H19N3O2S/c1-9(2)7-10(8-14)15-13-11-5-3-4-6-12(11)19(17,18)16-13/h3-6,9-10H,7-8,14H2,1-2H3,(H,15,16). The average Bonchev–Trinajstić information content (AvgIpc) is 2.60. The van der Waals surface area contributed by atoms with Gasteiger partial charge in [0.05, 0.1) is 10.9 Å². The highest BCUT2D eigenvalue weighted by atomic mass is 32.2. The summed E-state index contributed by atoms with van der Waals surface area (Å²) in [6.45, 7) is 4.59. The molecule has 2 rings (SSSR count). The molecule has 0 fully saturated rings. The maximum atomic E-state index is 11.9. The van der Waals surface area contributed by atoms with Crippen molar-refractivity contribution < 1.29 is 8.42 Å². The molecule has 1 aromatic carbocycles. The van der Waals surface area contributed by atoms with E-state index >= 15 is 0 Å². The van der Waals surface area contributed by atoms with Gasteiger partial charge in [-0.25, -0.2) is 8.42 Å². The molecule has 0 saturated carbocycles. The van der Waals surface area contributed by atoms with Crippen LogP contribution in [-0.2, 0) is 10.0 Å². The molecule has 0 aromatic heterocycles. The van der Waals surface area contributed by atoms with Crippen LogP contribution in [0.15, 0.2) is 34.2 Å². The van der Waals surface area contributed by atoms with Gasteiger partial charge in [0.2, 0.25) is 0 Å². The van der Waals surface area contributed by atoms with Crippen LogP contribution in [0.25, 0.3) is 0 Å². The quantitative estimate of drug-likeness (QED) is 0.866. The third-order valence-corrected chi connectivity index (χ3v) is 4.39. The maximum Gasteiger partial charge on any atom is 0.263 e. The SMILES string of the molecule is CC(C)CC(CN)N=C1NS(=O)(=O)c2ccccc21. The van der Waals surface area contributed by atoms with E-state index in [2.05, 4.69) is 23.6 Å². The number of nitrogens with zero attached hydrogens (tertiary/aromatic N) is 1. The van der Waals surface area contributed by atoms with E-state index in [0.717, 1.165) is 6.42 Å². The van der Waals surface area contributed by atoms with Crippen LogP contribution in [0.3, 0.4) is 0 Å². The van der Waals surface area contributed by atoms with Crippen LogP contribution in [0, 0.1) is 5.92 Å². The molecular formula is C13H19N3O2S. The van der Waals surface area contributed by atoms with E-state index in [0.29, 0.717) is 23.9 Å². The predicted octanol–water partition coefficient (Wildman–Crippen LogP) is 1.10. The second-order valence-corrected chi connectivity index (χ2v) is 6.75. The zero-order chi connectivity index (χ0) is 14.0. The van der Waals surface area contributed by atoms with Gasteiger partial charge in [-0.1, -0.05) is 26.0 Å². The van der Waals surface area contributed by atoms with Gasteiger partial charge >= 0.3 is 0 Å². The molecule has 0 saturated heterocycles. The molecule has 0 amide bonds. The van der Waals surface area contributed by atoms with E-state index in [1.54, 1.807) is 24.3 Å². The number of amidine groups is 1. The summed E-state index contributed by atoms with van der Waals surface area (Å²) in [6, 6.07) is 6.78. The Morgan fingerprint density at radius 1 is 1.32 bits per heavy atom. The minimum Gasteiger partial charge on any atom is -0.328 e. The summed E-state index contributed by atoms with van der Waals surface area (Å²) < 4.78 is 26.4. The van der Waals surface area contributed by atoms with Gasteiger partial charge in [-0.05, 0) is 24.5 Å². The zero-order valence-electron chi connectivity index (χ0n) is 11.1. The highest BCUT2D eigenvalue weighted by Crippen LogP contribution is 2.23. The Morgan fingerprint density at radius 3 is 2.63 bits per heavy atom. The van der Waals surface area contributed by atoms with Crippen molar-refractivity contribution in [2.24, 2.45) is 16.6 Å². The Balaban J connectivity index is 2.37. The lowest BCUT2D eigenvalue weighted by molar-refractivity contribution is 0.502. The van der Waals surface area contributed by atoms with Crippen LogP contribution < -0.4 is 10.5 Å². The molecule has 5 nitrogen and oxygen atoms in total. The van der Waals surface area contributed by atoms with Gasteiger partial charge in [-0.15, -0.1) is 0 Å². The number of aliphatic imine (C=N–C) groups is 1. The number of sulfonamides is 1. The number of nitrogens with two attached hydrogens (primary N) is 1. The third kappa shape index (κ3) is 2.96.